The Morgan fingerprint density at radius 2 is 1.72 bits per heavy atom. The van der Waals surface area contributed by atoms with Gasteiger partial charge in [-0.25, -0.2) is 0 Å². The van der Waals surface area contributed by atoms with Crippen LogP contribution in [0.4, 0.5) is 0 Å². The molecule has 0 radical (unpaired) electrons. The zero-order chi connectivity index (χ0) is 23.3. The van der Waals surface area contributed by atoms with Crippen molar-refractivity contribution in [1.29, 1.82) is 0 Å². The molecule has 1 heterocycles. The number of hydrogen-bond acceptors (Lipinski definition) is 7. The molecule has 2 aromatic rings. The van der Waals surface area contributed by atoms with Crippen LogP contribution in [0, 0.1) is 0 Å². The maximum atomic E-state index is 13.1. The van der Waals surface area contributed by atoms with Crippen molar-refractivity contribution in [2.45, 2.75) is 12.5 Å². The van der Waals surface area contributed by atoms with Crippen molar-refractivity contribution < 1.29 is 33.6 Å². The van der Waals surface area contributed by atoms with Crippen LogP contribution in [0.1, 0.15) is 23.6 Å². The van der Waals surface area contributed by atoms with Crippen molar-refractivity contribution in [3.63, 3.8) is 0 Å². The summed E-state index contributed by atoms with van der Waals surface area (Å²) in [7, 11) is 6.10. The fraction of sp³-hybridized carbons (Fsp3) is 0.333. The smallest absolute Gasteiger partial charge is 0.295 e. The first-order valence-corrected chi connectivity index (χ1v) is 10.1. The molecule has 1 saturated heterocycles. The third-order valence-electron chi connectivity index (χ3n) is 5.35. The molecule has 3 rings (SSSR count). The van der Waals surface area contributed by atoms with Gasteiger partial charge in [0, 0.05) is 25.8 Å². The van der Waals surface area contributed by atoms with Crippen molar-refractivity contribution >= 4 is 17.4 Å². The Morgan fingerprint density at radius 1 is 0.969 bits per heavy atom. The molecule has 0 aromatic heterocycles. The summed E-state index contributed by atoms with van der Waals surface area (Å²) < 4.78 is 21.0. The van der Waals surface area contributed by atoms with E-state index in [4.69, 9.17) is 18.9 Å². The van der Waals surface area contributed by atoms with Gasteiger partial charge in [0.1, 0.15) is 11.5 Å². The van der Waals surface area contributed by atoms with Crippen molar-refractivity contribution in [3.8, 4) is 17.2 Å². The Labute approximate surface area is 187 Å². The number of nitrogens with zero attached hydrogens (tertiary/aromatic N) is 1. The SMILES string of the molecule is COCCCN1C(=O)C(=O)/C(=C(\O)c2ccc(OC)c(OC)c2)C1c1cccc(OC)c1. The van der Waals surface area contributed by atoms with Gasteiger partial charge in [0.15, 0.2) is 11.5 Å². The monoisotopic (exact) mass is 441 g/mol. The molecule has 1 aliphatic heterocycles. The first kappa shape index (κ1) is 23.1. The molecule has 0 saturated carbocycles. The first-order chi connectivity index (χ1) is 15.5. The highest BCUT2D eigenvalue weighted by Gasteiger charge is 2.46. The number of methoxy groups -OCH3 is 4. The average Bonchev–Trinajstić information content (AvgIpc) is 3.08. The largest absolute Gasteiger partial charge is 0.507 e. The Kier molecular flexibility index (Phi) is 7.37. The molecule has 2 aromatic carbocycles. The van der Waals surface area contributed by atoms with Crippen molar-refractivity contribution in [2.75, 3.05) is 41.6 Å². The lowest BCUT2D eigenvalue weighted by Gasteiger charge is -2.25. The highest BCUT2D eigenvalue weighted by molar-refractivity contribution is 6.46. The Morgan fingerprint density at radius 3 is 2.38 bits per heavy atom. The molecule has 170 valence electrons. The molecule has 1 fully saturated rings. The number of carbonyl (C=O) groups excluding carboxylic acids is 2. The van der Waals surface area contributed by atoms with Crippen LogP contribution in [0.25, 0.3) is 5.76 Å². The van der Waals surface area contributed by atoms with E-state index in [1.807, 2.05) is 0 Å². The lowest BCUT2D eigenvalue weighted by atomic mass is 9.95. The van der Waals surface area contributed by atoms with E-state index in [9.17, 15) is 14.7 Å². The quantitative estimate of drug-likeness (QED) is 0.276. The number of rotatable bonds is 9. The summed E-state index contributed by atoms with van der Waals surface area (Å²) in [6.07, 6.45) is 0.542. The van der Waals surface area contributed by atoms with Crippen molar-refractivity contribution in [2.24, 2.45) is 0 Å². The molecule has 0 bridgehead atoms. The second-order valence-electron chi connectivity index (χ2n) is 7.19. The minimum absolute atomic E-state index is 0.00731. The molecule has 0 aliphatic carbocycles. The molecule has 8 nitrogen and oxygen atoms in total. The molecule has 0 spiro atoms. The van der Waals surface area contributed by atoms with Gasteiger partial charge in [0.2, 0.25) is 0 Å². The van der Waals surface area contributed by atoms with E-state index in [-0.39, 0.29) is 11.3 Å². The molecular formula is C24H27NO7. The number of carbonyl (C=O) groups is 2. The van der Waals surface area contributed by atoms with Crippen LogP contribution in [0.5, 0.6) is 17.2 Å². The number of ether oxygens (including phenoxy) is 4. The van der Waals surface area contributed by atoms with Gasteiger partial charge < -0.3 is 29.0 Å². The van der Waals surface area contributed by atoms with Gasteiger partial charge in [0.25, 0.3) is 11.7 Å². The van der Waals surface area contributed by atoms with E-state index in [1.165, 1.54) is 26.2 Å². The summed E-state index contributed by atoms with van der Waals surface area (Å²) in [6, 6.07) is 11.1. The van der Waals surface area contributed by atoms with Gasteiger partial charge in [-0.1, -0.05) is 12.1 Å². The van der Waals surface area contributed by atoms with Crippen LogP contribution >= 0.6 is 0 Å². The number of aliphatic hydroxyl groups excluding tert-OH is 1. The summed E-state index contributed by atoms with van der Waals surface area (Å²) in [5.41, 5.74) is 1.00. The lowest BCUT2D eigenvalue weighted by Crippen LogP contribution is -2.31. The third-order valence-corrected chi connectivity index (χ3v) is 5.35. The summed E-state index contributed by atoms with van der Waals surface area (Å²) in [6.45, 7) is 0.729. The summed E-state index contributed by atoms with van der Waals surface area (Å²) in [5.74, 6) is -0.252. The number of likely N-dealkylation sites (tertiary alicyclic amines) is 1. The molecule has 1 aliphatic rings. The van der Waals surface area contributed by atoms with Gasteiger partial charge in [-0.15, -0.1) is 0 Å². The fourth-order valence-corrected chi connectivity index (χ4v) is 3.79. The highest BCUT2D eigenvalue weighted by Crippen LogP contribution is 2.41. The standard InChI is InChI=1S/C24H27NO7/c1-29-12-6-11-25-21(15-7-5-8-17(13-15)30-2)20(23(27)24(25)28)22(26)16-9-10-18(31-3)19(14-16)32-4/h5,7-10,13-14,21,26H,6,11-12H2,1-4H3/b22-20-. The zero-order valence-corrected chi connectivity index (χ0v) is 18.6. The number of hydrogen-bond donors (Lipinski definition) is 1. The number of Topliss-reactive ketones (excluding diaryl/α,β-unsaturated/α-hetero) is 1. The van der Waals surface area contributed by atoms with Crippen molar-refractivity contribution in [3.05, 3.63) is 59.2 Å². The number of ketones is 1. The van der Waals surface area contributed by atoms with Gasteiger partial charge >= 0.3 is 0 Å². The van der Waals surface area contributed by atoms with Gasteiger partial charge in [-0.3, -0.25) is 9.59 Å². The molecule has 1 atom stereocenters. The zero-order valence-electron chi connectivity index (χ0n) is 18.6. The summed E-state index contributed by atoms with van der Waals surface area (Å²) in [4.78, 5) is 27.4. The van der Waals surface area contributed by atoms with E-state index >= 15 is 0 Å². The van der Waals surface area contributed by atoms with Crippen LogP contribution in [0.2, 0.25) is 0 Å². The van der Waals surface area contributed by atoms with E-state index < -0.39 is 17.7 Å². The Balaban J connectivity index is 2.15. The summed E-state index contributed by atoms with van der Waals surface area (Å²) in [5, 5.41) is 11.2. The average molecular weight is 441 g/mol. The number of benzene rings is 2. The minimum Gasteiger partial charge on any atom is -0.507 e. The predicted octanol–water partition coefficient (Wildman–Crippen LogP) is 3.17. The van der Waals surface area contributed by atoms with Gasteiger partial charge in [-0.2, -0.15) is 0 Å². The van der Waals surface area contributed by atoms with Crippen LogP contribution in [0.15, 0.2) is 48.0 Å². The van der Waals surface area contributed by atoms with E-state index in [0.717, 1.165) is 0 Å². The van der Waals surface area contributed by atoms with Crippen LogP contribution < -0.4 is 14.2 Å². The normalized spacial score (nSPS) is 17.5. The molecule has 1 amide bonds. The minimum atomic E-state index is -0.768. The predicted molar refractivity (Wildman–Crippen MR) is 118 cm³/mol. The Bertz CT molecular complexity index is 1030. The van der Waals surface area contributed by atoms with E-state index in [0.29, 0.717) is 47.9 Å². The molecule has 1 unspecified atom stereocenters. The maximum absolute atomic E-state index is 13.1. The van der Waals surface area contributed by atoms with Crippen LogP contribution in [0.3, 0.4) is 0 Å². The Hall–Kier alpha value is -3.52. The van der Waals surface area contributed by atoms with Crippen LogP contribution in [-0.2, 0) is 14.3 Å². The molecule has 8 heteroatoms. The second kappa shape index (κ2) is 10.2. The lowest BCUT2D eigenvalue weighted by molar-refractivity contribution is -0.140. The highest BCUT2D eigenvalue weighted by atomic mass is 16.5. The third kappa shape index (κ3) is 4.40. The first-order valence-electron chi connectivity index (χ1n) is 10.1. The van der Waals surface area contributed by atoms with Crippen molar-refractivity contribution in [1.82, 2.24) is 4.90 Å². The fourth-order valence-electron chi connectivity index (χ4n) is 3.79. The number of amides is 1. The maximum Gasteiger partial charge on any atom is 0.295 e. The van der Waals surface area contributed by atoms with E-state index in [1.54, 1.807) is 49.6 Å². The second-order valence-corrected chi connectivity index (χ2v) is 7.19. The molecular weight excluding hydrogens is 414 g/mol. The topological polar surface area (TPSA) is 94.5 Å². The molecule has 32 heavy (non-hydrogen) atoms. The number of aliphatic hydroxyl groups is 1. The van der Waals surface area contributed by atoms with E-state index in [2.05, 4.69) is 0 Å². The molecule has 1 N–H and O–H groups in total. The summed E-state index contributed by atoms with van der Waals surface area (Å²) >= 11 is 0. The van der Waals surface area contributed by atoms with Crippen LogP contribution in [-0.4, -0.2) is 63.3 Å². The van der Waals surface area contributed by atoms with Gasteiger partial charge in [-0.05, 0) is 42.3 Å². The van der Waals surface area contributed by atoms with Gasteiger partial charge in [0.05, 0.1) is 32.9 Å².